The molecule has 4 aliphatic heterocycles. The van der Waals surface area contributed by atoms with Crippen LogP contribution in [-0.2, 0) is 9.59 Å². The number of fused-ring (bicyclic) bond motifs is 1. The summed E-state index contributed by atoms with van der Waals surface area (Å²) in [4.78, 5) is 49.5. The van der Waals surface area contributed by atoms with Crippen molar-refractivity contribution in [2.75, 3.05) is 20.2 Å². The van der Waals surface area contributed by atoms with Gasteiger partial charge in [0.15, 0.2) is 17.6 Å². The van der Waals surface area contributed by atoms with Gasteiger partial charge in [0.1, 0.15) is 17.8 Å². The van der Waals surface area contributed by atoms with Crippen molar-refractivity contribution in [1.29, 1.82) is 0 Å². The topological polar surface area (TPSA) is 208 Å². The van der Waals surface area contributed by atoms with Gasteiger partial charge in [-0.15, -0.1) is 0 Å². The minimum atomic E-state index is -2.67. The van der Waals surface area contributed by atoms with Gasteiger partial charge in [0, 0.05) is 19.4 Å². The van der Waals surface area contributed by atoms with E-state index in [1.54, 1.807) is 18.2 Å². The summed E-state index contributed by atoms with van der Waals surface area (Å²) in [7, 11) is 1.44. The van der Waals surface area contributed by atoms with Crippen LogP contribution in [0.15, 0.2) is 46.4 Å². The fraction of sp³-hybridized carbons (Fsp3) is 0.400. The van der Waals surface area contributed by atoms with Crippen LogP contribution < -0.4 is 26.8 Å². The number of guanidine groups is 2. The van der Waals surface area contributed by atoms with Crippen molar-refractivity contribution in [3.8, 4) is 5.75 Å². The van der Waals surface area contributed by atoms with Gasteiger partial charge in [0.25, 0.3) is 5.91 Å². The number of ether oxygens (including phenoxy) is 1. The van der Waals surface area contributed by atoms with Crippen molar-refractivity contribution < 1.29 is 29.3 Å². The molecule has 4 aliphatic rings. The van der Waals surface area contributed by atoms with Crippen LogP contribution in [0, 0.1) is 0 Å². The maximum atomic E-state index is 13.6. The summed E-state index contributed by atoms with van der Waals surface area (Å²) < 4.78 is 5.44. The fourth-order valence-electron chi connectivity index (χ4n) is 6.14. The summed E-state index contributed by atoms with van der Waals surface area (Å²) in [5.74, 6) is -3.85. The van der Waals surface area contributed by atoms with Crippen molar-refractivity contribution in [2.24, 2.45) is 21.5 Å². The number of nitrogens with one attached hydrogen (secondary N) is 2. The number of carbonyl (C=O) groups is 3. The highest BCUT2D eigenvalue weighted by molar-refractivity contribution is 6.09. The molecule has 2 saturated heterocycles. The molecule has 6 rings (SSSR count). The monoisotopic (exact) mass is 536 g/mol. The number of nitrogens with zero attached hydrogens (tertiary/aromatic N) is 4. The lowest BCUT2D eigenvalue weighted by atomic mass is 9.84. The van der Waals surface area contributed by atoms with E-state index < -0.39 is 35.5 Å². The van der Waals surface area contributed by atoms with Gasteiger partial charge in [-0.3, -0.25) is 19.3 Å². The number of hydrogen-bond donors (Lipinski definition) is 6. The molecular formula is C25H28N8O6. The number of aliphatic hydroxyl groups is 2. The molecule has 2 aromatic rings. The third kappa shape index (κ3) is 3.44. The van der Waals surface area contributed by atoms with Crippen LogP contribution in [0.2, 0.25) is 0 Å². The standard InChI is InChI=1S/C25H28N8O6/c1-39-15-7-6-12-4-2-3-5-13(12)19(15)21(36)29-16-11-33-23(27)28-14(10-32-17(34)8-9-18(32)35)20-24(33,25(16,37)38)31-22(26)30-20/h2-7,14,16,20,37-38H,8-11H2,1H3,(H2,27,28)(H,29,36)(H3,26,30,31)/t14?,16?,20-,24-/m0/s1. The Morgan fingerprint density at radius 3 is 2.59 bits per heavy atom. The molecule has 0 aromatic heterocycles. The second-order valence-electron chi connectivity index (χ2n) is 10.0. The Kier molecular flexibility index (Phi) is 5.45. The molecule has 39 heavy (non-hydrogen) atoms. The first-order valence-electron chi connectivity index (χ1n) is 12.5. The molecule has 3 amide bonds. The van der Waals surface area contributed by atoms with E-state index in [-0.39, 0.29) is 55.2 Å². The number of imide groups is 1. The highest BCUT2D eigenvalue weighted by Crippen LogP contribution is 2.45. The first kappa shape index (κ1) is 24.9. The summed E-state index contributed by atoms with van der Waals surface area (Å²) in [5, 5.41) is 30.4. The van der Waals surface area contributed by atoms with Crippen molar-refractivity contribution in [1.82, 2.24) is 20.4 Å². The largest absolute Gasteiger partial charge is 0.496 e. The number of aliphatic imine (C=N–C) groups is 2. The smallest absolute Gasteiger partial charge is 0.256 e. The van der Waals surface area contributed by atoms with Gasteiger partial charge < -0.3 is 42.0 Å². The normalized spacial score (nSPS) is 29.1. The third-order valence-electron chi connectivity index (χ3n) is 7.97. The molecule has 4 heterocycles. The number of benzene rings is 2. The zero-order valence-corrected chi connectivity index (χ0v) is 21.0. The number of amides is 3. The van der Waals surface area contributed by atoms with Crippen LogP contribution in [0.25, 0.3) is 10.8 Å². The SMILES string of the molecule is COc1ccc2ccccc2c1C(=O)NC1CN2C(N)=NC(CN3C(=O)CCC3=O)[C@@H]3N=C(N)N[C@@]32C1(O)O. The van der Waals surface area contributed by atoms with Crippen molar-refractivity contribution in [3.05, 3.63) is 42.0 Å². The number of rotatable bonds is 5. The number of hydrogen-bond acceptors (Lipinski definition) is 12. The predicted octanol–water partition coefficient (Wildman–Crippen LogP) is -2.23. The minimum Gasteiger partial charge on any atom is -0.496 e. The van der Waals surface area contributed by atoms with Gasteiger partial charge in [-0.05, 0) is 16.8 Å². The van der Waals surface area contributed by atoms with E-state index in [1.165, 1.54) is 12.0 Å². The molecule has 1 spiro atoms. The van der Waals surface area contributed by atoms with Gasteiger partial charge in [-0.1, -0.05) is 30.3 Å². The van der Waals surface area contributed by atoms with E-state index >= 15 is 0 Å². The molecule has 2 unspecified atom stereocenters. The van der Waals surface area contributed by atoms with Crippen LogP contribution in [0.5, 0.6) is 5.75 Å². The fourth-order valence-corrected chi connectivity index (χ4v) is 6.14. The van der Waals surface area contributed by atoms with Crippen LogP contribution in [0.1, 0.15) is 23.2 Å². The van der Waals surface area contributed by atoms with E-state index in [4.69, 9.17) is 16.2 Å². The Labute approximate surface area is 222 Å². The maximum absolute atomic E-state index is 13.6. The number of nitrogens with two attached hydrogens (primary N) is 2. The summed E-state index contributed by atoms with van der Waals surface area (Å²) in [5.41, 5.74) is 10.7. The van der Waals surface area contributed by atoms with Crippen LogP contribution in [-0.4, -0.2) is 99.4 Å². The second kappa shape index (κ2) is 8.54. The Bertz CT molecular complexity index is 1460. The highest BCUT2D eigenvalue weighted by atomic mass is 16.5. The van der Waals surface area contributed by atoms with Crippen molar-refractivity contribution in [3.63, 3.8) is 0 Å². The van der Waals surface area contributed by atoms with E-state index in [2.05, 4.69) is 20.6 Å². The van der Waals surface area contributed by atoms with Crippen molar-refractivity contribution >= 4 is 40.4 Å². The first-order chi connectivity index (χ1) is 18.6. The number of carbonyl (C=O) groups excluding carboxylic acids is 3. The Morgan fingerprint density at radius 2 is 1.87 bits per heavy atom. The molecule has 8 N–H and O–H groups in total. The summed E-state index contributed by atoms with van der Waals surface area (Å²) >= 11 is 0. The van der Waals surface area contributed by atoms with Crippen LogP contribution in [0.3, 0.4) is 0 Å². The molecular weight excluding hydrogens is 508 g/mol. The van der Waals surface area contributed by atoms with E-state index in [0.29, 0.717) is 11.1 Å². The lowest BCUT2D eigenvalue weighted by Crippen LogP contribution is -2.78. The predicted molar refractivity (Wildman–Crippen MR) is 138 cm³/mol. The Morgan fingerprint density at radius 1 is 1.15 bits per heavy atom. The average molecular weight is 537 g/mol. The molecule has 0 radical (unpaired) electrons. The first-order valence-corrected chi connectivity index (χ1v) is 12.5. The number of likely N-dealkylation sites (tertiary alicyclic amines) is 1. The second-order valence-corrected chi connectivity index (χ2v) is 10.0. The zero-order valence-electron chi connectivity index (χ0n) is 21.0. The molecule has 14 nitrogen and oxygen atoms in total. The number of methoxy groups -OCH3 is 1. The molecule has 2 aromatic carbocycles. The third-order valence-corrected chi connectivity index (χ3v) is 7.97. The zero-order chi connectivity index (χ0) is 27.7. The summed E-state index contributed by atoms with van der Waals surface area (Å²) in [6.07, 6.45) is 0.179. The van der Waals surface area contributed by atoms with E-state index in [0.717, 1.165) is 10.3 Å². The highest BCUT2D eigenvalue weighted by Gasteiger charge is 2.73. The Balaban J connectivity index is 1.35. The van der Waals surface area contributed by atoms with Gasteiger partial charge in [-0.25, -0.2) is 9.98 Å². The Hall–Kier alpha value is -4.43. The van der Waals surface area contributed by atoms with Gasteiger partial charge in [0.05, 0.1) is 25.3 Å². The molecule has 4 atom stereocenters. The summed E-state index contributed by atoms with van der Waals surface area (Å²) in [6, 6.07) is 7.50. The van der Waals surface area contributed by atoms with Gasteiger partial charge >= 0.3 is 0 Å². The molecule has 0 saturated carbocycles. The minimum absolute atomic E-state index is 0.0836. The molecule has 204 valence electrons. The van der Waals surface area contributed by atoms with Gasteiger partial charge in [0.2, 0.25) is 17.6 Å². The molecule has 2 fully saturated rings. The summed E-state index contributed by atoms with van der Waals surface area (Å²) in [6.45, 7) is -0.306. The lowest BCUT2D eigenvalue weighted by molar-refractivity contribution is -0.230. The molecule has 0 aliphatic carbocycles. The van der Waals surface area contributed by atoms with Crippen LogP contribution in [0.4, 0.5) is 0 Å². The maximum Gasteiger partial charge on any atom is 0.256 e. The van der Waals surface area contributed by atoms with E-state index in [1.807, 2.05) is 18.2 Å². The average Bonchev–Trinajstić information content (AvgIpc) is 3.50. The van der Waals surface area contributed by atoms with Crippen molar-refractivity contribution in [2.45, 2.75) is 42.4 Å². The van der Waals surface area contributed by atoms with Crippen LogP contribution >= 0.6 is 0 Å². The van der Waals surface area contributed by atoms with E-state index in [9.17, 15) is 24.6 Å². The quantitative estimate of drug-likeness (QED) is 0.179. The molecule has 0 bridgehead atoms. The lowest BCUT2D eigenvalue weighted by Gasteiger charge is -2.49. The molecule has 14 heteroatoms. The van der Waals surface area contributed by atoms with Gasteiger partial charge in [-0.2, -0.15) is 0 Å².